The standard InChI is InChI=1S/C14H16BN3O/c1-14(5-3-2-4-6-14)12(19)9-7-16-13-11(9)18-10(15)8-17-13/h7-8H,2-6H2,1H3,(H,16,17). The first kappa shape index (κ1) is 12.4. The lowest BCUT2D eigenvalue weighted by molar-refractivity contribution is 0.0751. The van der Waals surface area contributed by atoms with Gasteiger partial charge in [-0.2, -0.15) is 0 Å². The van der Waals surface area contributed by atoms with Gasteiger partial charge in [-0.15, -0.1) is 0 Å². The molecule has 3 rings (SSSR count). The maximum atomic E-state index is 12.8. The molecule has 0 aliphatic heterocycles. The van der Waals surface area contributed by atoms with Crippen LogP contribution in [0.5, 0.6) is 0 Å². The normalized spacial score (nSPS) is 18.6. The molecule has 19 heavy (non-hydrogen) atoms. The zero-order valence-corrected chi connectivity index (χ0v) is 11.1. The maximum Gasteiger partial charge on any atom is 0.172 e. The molecule has 1 aliphatic rings. The Balaban J connectivity index is 2.04. The summed E-state index contributed by atoms with van der Waals surface area (Å²) in [6.07, 6.45) is 8.59. The molecule has 0 bridgehead atoms. The van der Waals surface area contributed by atoms with Crippen molar-refractivity contribution >= 4 is 30.4 Å². The molecule has 1 fully saturated rings. The van der Waals surface area contributed by atoms with Crippen LogP contribution in [0.2, 0.25) is 0 Å². The number of ketones is 1. The van der Waals surface area contributed by atoms with Crippen molar-refractivity contribution in [1.82, 2.24) is 15.0 Å². The van der Waals surface area contributed by atoms with Crippen molar-refractivity contribution in [3.63, 3.8) is 0 Å². The molecule has 0 unspecified atom stereocenters. The van der Waals surface area contributed by atoms with Gasteiger partial charge in [0.25, 0.3) is 0 Å². The first-order valence-electron chi connectivity index (χ1n) is 6.74. The summed E-state index contributed by atoms with van der Waals surface area (Å²) >= 11 is 0. The fraction of sp³-hybridized carbons (Fsp3) is 0.500. The molecular formula is C14H16BN3O. The van der Waals surface area contributed by atoms with Crippen LogP contribution in [-0.4, -0.2) is 28.6 Å². The third-order valence-corrected chi connectivity index (χ3v) is 4.15. The summed E-state index contributed by atoms with van der Waals surface area (Å²) < 4.78 is 0. The van der Waals surface area contributed by atoms with Crippen molar-refractivity contribution < 1.29 is 4.79 Å². The highest BCUT2D eigenvalue weighted by molar-refractivity contribution is 6.31. The zero-order valence-electron chi connectivity index (χ0n) is 11.1. The number of Topliss-reactive ketones (excluding diaryl/α,β-unsaturated/α-hetero) is 1. The molecule has 2 aromatic heterocycles. The van der Waals surface area contributed by atoms with Gasteiger partial charge in [0.05, 0.1) is 5.56 Å². The molecule has 96 valence electrons. The van der Waals surface area contributed by atoms with Crippen molar-refractivity contribution in [2.75, 3.05) is 0 Å². The van der Waals surface area contributed by atoms with Gasteiger partial charge in [0, 0.05) is 23.4 Å². The van der Waals surface area contributed by atoms with E-state index in [1.807, 2.05) is 0 Å². The van der Waals surface area contributed by atoms with E-state index < -0.39 is 0 Å². The van der Waals surface area contributed by atoms with Gasteiger partial charge in [0.1, 0.15) is 13.4 Å². The van der Waals surface area contributed by atoms with Gasteiger partial charge < -0.3 is 4.98 Å². The number of nitrogens with zero attached hydrogens (tertiary/aromatic N) is 2. The molecule has 0 spiro atoms. The Hall–Kier alpha value is -1.65. The van der Waals surface area contributed by atoms with Crippen LogP contribution in [0, 0.1) is 5.41 Å². The Morgan fingerprint density at radius 3 is 2.84 bits per heavy atom. The van der Waals surface area contributed by atoms with Crippen molar-refractivity contribution in [3.05, 3.63) is 18.0 Å². The number of nitrogens with one attached hydrogen (secondary N) is 1. The van der Waals surface area contributed by atoms with Crippen LogP contribution in [0.3, 0.4) is 0 Å². The molecule has 0 aromatic carbocycles. The van der Waals surface area contributed by atoms with E-state index in [9.17, 15) is 4.79 Å². The van der Waals surface area contributed by atoms with Crippen LogP contribution in [-0.2, 0) is 0 Å². The van der Waals surface area contributed by atoms with Crippen LogP contribution in [0.1, 0.15) is 49.4 Å². The molecule has 0 amide bonds. The fourth-order valence-corrected chi connectivity index (χ4v) is 2.96. The van der Waals surface area contributed by atoms with E-state index in [2.05, 4.69) is 21.9 Å². The largest absolute Gasteiger partial charge is 0.344 e. The minimum absolute atomic E-state index is 0.165. The second-order valence-electron chi connectivity index (χ2n) is 5.64. The van der Waals surface area contributed by atoms with Crippen LogP contribution in [0.4, 0.5) is 0 Å². The van der Waals surface area contributed by atoms with E-state index >= 15 is 0 Å². The summed E-state index contributed by atoms with van der Waals surface area (Å²) in [6.45, 7) is 2.06. The van der Waals surface area contributed by atoms with E-state index in [1.54, 1.807) is 6.20 Å². The van der Waals surface area contributed by atoms with Crippen LogP contribution in [0.25, 0.3) is 11.2 Å². The highest BCUT2D eigenvalue weighted by atomic mass is 16.1. The lowest BCUT2D eigenvalue weighted by Gasteiger charge is -2.31. The monoisotopic (exact) mass is 253 g/mol. The molecule has 1 N–H and O–H groups in total. The molecule has 1 saturated carbocycles. The smallest absolute Gasteiger partial charge is 0.172 e. The van der Waals surface area contributed by atoms with Gasteiger partial charge in [-0.05, 0) is 12.8 Å². The minimum Gasteiger partial charge on any atom is -0.344 e. The molecule has 1 aliphatic carbocycles. The number of aromatic nitrogens is 3. The maximum absolute atomic E-state index is 12.8. The molecule has 0 atom stereocenters. The summed E-state index contributed by atoms with van der Waals surface area (Å²) in [5.41, 5.74) is 1.92. The number of carbonyl (C=O) groups is 1. The quantitative estimate of drug-likeness (QED) is 0.656. The van der Waals surface area contributed by atoms with Gasteiger partial charge in [0.2, 0.25) is 0 Å². The second kappa shape index (κ2) is 4.47. The molecule has 2 radical (unpaired) electrons. The molecule has 5 heteroatoms. The number of H-pyrrole nitrogens is 1. The van der Waals surface area contributed by atoms with E-state index in [0.29, 0.717) is 22.3 Å². The average molecular weight is 253 g/mol. The zero-order chi connectivity index (χ0) is 13.5. The van der Waals surface area contributed by atoms with Gasteiger partial charge in [-0.1, -0.05) is 26.2 Å². The van der Waals surface area contributed by atoms with Crippen molar-refractivity contribution in [2.45, 2.75) is 39.0 Å². The van der Waals surface area contributed by atoms with E-state index in [-0.39, 0.29) is 11.2 Å². The third-order valence-electron chi connectivity index (χ3n) is 4.15. The van der Waals surface area contributed by atoms with E-state index in [0.717, 1.165) is 25.7 Å². The van der Waals surface area contributed by atoms with Crippen molar-refractivity contribution in [3.8, 4) is 0 Å². The SMILES string of the molecule is [B]c1cnc2[nH]cc(C(=O)C3(C)CCCCC3)c2n1. The lowest BCUT2D eigenvalue weighted by atomic mass is 9.71. The Kier molecular flexibility index (Phi) is 2.92. The summed E-state index contributed by atoms with van der Waals surface area (Å²) in [5, 5.41) is 0. The number of fused-ring (bicyclic) bond motifs is 1. The summed E-state index contributed by atoms with van der Waals surface area (Å²) in [7, 11) is 5.66. The molecule has 2 aromatic rings. The minimum atomic E-state index is -0.264. The van der Waals surface area contributed by atoms with Gasteiger partial charge in [0.15, 0.2) is 11.4 Å². The van der Waals surface area contributed by atoms with Crippen LogP contribution >= 0.6 is 0 Å². The average Bonchev–Trinajstić information content (AvgIpc) is 2.81. The van der Waals surface area contributed by atoms with E-state index in [4.69, 9.17) is 7.85 Å². The number of hydrogen-bond acceptors (Lipinski definition) is 3. The lowest BCUT2D eigenvalue weighted by Crippen LogP contribution is -2.30. The van der Waals surface area contributed by atoms with Gasteiger partial charge in [-0.3, -0.25) is 9.78 Å². The summed E-state index contributed by atoms with van der Waals surface area (Å²) in [4.78, 5) is 24.2. The van der Waals surface area contributed by atoms with Crippen molar-refractivity contribution in [2.24, 2.45) is 5.41 Å². The van der Waals surface area contributed by atoms with Gasteiger partial charge in [-0.25, -0.2) is 4.98 Å². The van der Waals surface area contributed by atoms with E-state index in [1.165, 1.54) is 12.6 Å². The van der Waals surface area contributed by atoms with Crippen molar-refractivity contribution in [1.29, 1.82) is 0 Å². The summed E-state index contributed by atoms with van der Waals surface area (Å²) in [5.74, 6) is 0.165. The predicted molar refractivity (Wildman–Crippen MR) is 74.8 cm³/mol. The number of aromatic amines is 1. The Morgan fingerprint density at radius 1 is 1.37 bits per heavy atom. The third kappa shape index (κ3) is 2.07. The van der Waals surface area contributed by atoms with Gasteiger partial charge >= 0.3 is 0 Å². The first-order valence-corrected chi connectivity index (χ1v) is 6.74. The first-order chi connectivity index (χ1) is 9.10. The molecule has 0 saturated heterocycles. The molecule has 4 nitrogen and oxygen atoms in total. The fourth-order valence-electron chi connectivity index (χ4n) is 2.96. The Labute approximate surface area is 113 Å². The molecular weight excluding hydrogens is 237 g/mol. The summed E-state index contributed by atoms with van der Waals surface area (Å²) in [6, 6.07) is 0. The highest BCUT2D eigenvalue weighted by Gasteiger charge is 2.36. The molecule has 2 heterocycles. The number of carbonyl (C=O) groups excluding carboxylic acids is 1. The predicted octanol–water partition coefficient (Wildman–Crippen LogP) is 1.90. The number of hydrogen-bond donors (Lipinski definition) is 1. The Bertz CT molecular complexity index is 629. The number of rotatable bonds is 2. The second-order valence-corrected chi connectivity index (χ2v) is 5.64. The Morgan fingerprint density at radius 2 is 2.11 bits per heavy atom. The topological polar surface area (TPSA) is 58.6 Å². The van der Waals surface area contributed by atoms with Crippen LogP contribution < -0.4 is 5.59 Å². The highest BCUT2D eigenvalue weighted by Crippen LogP contribution is 2.39. The van der Waals surface area contributed by atoms with Crippen LogP contribution in [0.15, 0.2) is 12.4 Å².